The van der Waals surface area contributed by atoms with E-state index < -0.39 is 18.2 Å². The quantitative estimate of drug-likeness (QED) is 0.561. The van der Waals surface area contributed by atoms with Crippen molar-refractivity contribution in [3.63, 3.8) is 0 Å². The van der Waals surface area contributed by atoms with Gasteiger partial charge in [0.15, 0.2) is 18.0 Å². The second-order valence-electron chi connectivity index (χ2n) is 2.45. The summed E-state index contributed by atoms with van der Waals surface area (Å²) in [4.78, 5) is 22.1. The summed E-state index contributed by atoms with van der Waals surface area (Å²) in [6.07, 6.45) is -1.90. The third-order valence-corrected chi connectivity index (χ3v) is 1.62. The molecule has 0 fully saturated rings. The van der Waals surface area contributed by atoms with E-state index in [0.29, 0.717) is 0 Å². The molecule has 13 heavy (non-hydrogen) atoms. The molecule has 76 valence electrons. The van der Waals surface area contributed by atoms with Crippen LogP contribution in [-0.2, 0) is 23.8 Å². The van der Waals surface area contributed by atoms with Crippen LogP contribution in [0, 0.1) is 0 Å². The maximum Gasteiger partial charge on any atom is 0.338 e. The first kappa shape index (κ1) is 12.1. The third kappa shape index (κ3) is 3.12. The molecule has 2 unspecified atom stereocenters. The summed E-state index contributed by atoms with van der Waals surface area (Å²) in [6, 6.07) is 0. The van der Waals surface area contributed by atoms with E-state index >= 15 is 0 Å². The van der Waals surface area contributed by atoms with Crippen LogP contribution in [0.5, 0.6) is 0 Å². The predicted octanol–water partition coefficient (Wildman–Crippen LogP) is -0.222. The molecule has 0 bridgehead atoms. The molecule has 0 aliphatic heterocycles. The standard InChI is InChI=1S/C8H14O5/c1-5(9)6(11-2)7(12-3)8(10)13-4/h6-7H,1-4H3. The number of ketones is 1. The van der Waals surface area contributed by atoms with E-state index in [1.54, 1.807) is 0 Å². The van der Waals surface area contributed by atoms with E-state index in [1.807, 2.05) is 0 Å². The van der Waals surface area contributed by atoms with Crippen molar-refractivity contribution in [1.29, 1.82) is 0 Å². The molecular formula is C8H14O5. The zero-order chi connectivity index (χ0) is 10.4. The van der Waals surface area contributed by atoms with Gasteiger partial charge in [-0.25, -0.2) is 4.79 Å². The Balaban J connectivity index is 4.52. The Morgan fingerprint density at radius 3 is 1.69 bits per heavy atom. The number of hydrogen-bond donors (Lipinski definition) is 0. The maximum atomic E-state index is 11.1. The van der Waals surface area contributed by atoms with Gasteiger partial charge in [-0.3, -0.25) is 4.79 Å². The van der Waals surface area contributed by atoms with Crippen molar-refractivity contribution in [2.45, 2.75) is 19.1 Å². The van der Waals surface area contributed by atoms with E-state index in [9.17, 15) is 9.59 Å². The van der Waals surface area contributed by atoms with Gasteiger partial charge in [-0.2, -0.15) is 0 Å². The van der Waals surface area contributed by atoms with Gasteiger partial charge in [-0.05, 0) is 6.92 Å². The number of methoxy groups -OCH3 is 3. The Kier molecular flexibility index (Phi) is 5.25. The molecule has 0 aromatic carbocycles. The number of rotatable bonds is 5. The number of ether oxygens (including phenoxy) is 3. The lowest BCUT2D eigenvalue weighted by molar-refractivity contribution is -0.164. The fraction of sp³-hybridized carbons (Fsp3) is 0.750. The number of hydrogen-bond acceptors (Lipinski definition) is 5. The van der Waals surface area contributed by atoms with E-state index in [4.69, 9.17) is 9.47 Å². The molecule has 0 rings (SSSR count). The number of Topliss-reactive ketones (excluding diaryl/α,β-unsaturated/α-hetero) is 1. The number of carbonyl (C=O) groups is 2. The van der Waals surface area contributed by atoms with Crippen LogP contribution in [0.3, 0.4) is 0 Å². The minimum Gasteiger partial charge on any atom is -0.467 e. The van der Waals surface area contributed by atoms with Crippen LogP contribution in [-0.4, -0.2) is 45.3 Å². The molecule has 0 aromatic heterocycles. The van der Waals surface area contributed by atoms with Crippen molar-refractivity contribution >= 4 is 11.8 Å². The van der Waals surface area contributed by atoms with Gasteiger partial charge in [0.1, 0.15) is 0 Å². The number of esters is 1. The first-order chi connectivity index (χ1) is 6.08. The van der Waals surface area contributed by atoms with Crippen LogP contribution < -0.4 is 0 Å². The lowest BCUT2D eigenvalue weighted by Gasteiger charge is -2.19. The van der Waals surface area contributed by atoms with E-state index in [1.165, 1.54) is 28.3 Å². The SMILES string of the molecule is COC(=O)C(OC)C(OC)C(C)=O. The zero-order valence-corrected chi connectivity index (χ0v) is 8.20. The smallest absolute Gasteiger partial charge is 0.338 e. The largest absolute Gasteiger partial charge is 0.467 e. The van der Waals surface area contributed by atoms with Crippen LogP contribution in [0.1, 0.15) is 6.92 Å². The molecule has 5 heteroatoms. The zero-order valence-electron chi connectivity index (χ0n) is 8.20. The van der Waals surface area contributed by atoms with Gasteiger partial charge in [0.25, 0.3) is 0 Å². The molecule has 0 aliphatic carbocycles. The summed E-state index contributed by atoms with van der Waals surface area (Å²) in [5, 5.41) is 0. The van der Waals surface area contributed by atoms with Gasteiger partial charge in [-0.1, -0.05) is 0 Å². The Morgan fingerprint density at radius 1 is 1.00 bits per heavy atom. The molecule has 0 N–H and O–H groups in total. The highest BCUT2D eigenvalue weighted by molar-refractivity contribution is 5.88. The summed E-state index contributed by atoms with van der Waals surface area (Å²) >= 11 is 0. The minimum absolute atomic E-state index is 0.278. The summed E-state index contributed by atoms with van der Waals surface area (Å²) in [7, 11) is 3.87. The summed E-state index contributed by atoms with van der Waals surface area (Å²) in [5.41, 5.74) is 0. The van der Waals surface area contributed by atoms with E-state index in [0.717, 1.165) is 0 Å². The average Bonchev–Trinajstić information content (AvgIpc) is 2.12. The summed E-state index contributed by atoms with van der Waals surface area (Å²) in [6.45, 7) is 1.32. The van der Waals surface area contributed by atoms with E-state index in [-0.39, 0.29) is 5.78 Å². The van der Waals surface area contributed by atoms with Gasteiger partial charge < -0.3 is 14.2 Å². The average molecular weight is 190 g/mol. The van der Waals surface area contributed by atoms with Crippen LogP contribution in [0.15, 0.2) is 0 Å². The highest BCUT2D eigenvalue weighted by Gasteiger charge is 2.32. The molecule has 0 aliphatic rings. The monoisotopic (exact) mass is 190 g/mol. The molecule has 0 heterocycles. The molecule has 0 radical (unpaired) electrons. The fourth-order valence-corrected chi connectivity index (χ4v) is 0.962. The molecule has 2 atom stereocenters. The van der Waals surface area contributed by atoms with Crippen LogP contribution in [0.25, 0.3) is 0 Å². The Morgan fingerprint density at radius 2 is 1.46 bits per heavy atom. The van der Waals surface area contributed by atoms with Crippen molar-refractivity contribution < 1.29 is 23.8 Å². The third-order valence-electron chi connectivity index (χ3n) is 1.62. The molecule has 0 spiro atoms. The molecule has 0 amide bonds. The normalized spacial score (nSPS) is 14.8. The Hall–Kier alpha value is -0.940. The highest BCUT2D eigenvalue weighted by Crippen LogP contribution is 2.05. The maximum absolute atomic E-state index is 11.1. The van der Waals surface area contributed by atoms with Gasteiger partial charge >= 0.3 is 5.97 Å². The lowest BCUT2D eigenvalue weighted by Crippen LogP contribution is -2.42. The second kappa shape index (κ2) is 5.66. The van der Waals surface area contributed by atoms with Gasteiger partial charge in [0, 0.05) is 14.2 Å². The minimum atomic E-state index is -0.993. The Labute approximate surface area is 77.0 Å². The van der Waals surface area contributed by atoms with Crippen LogP contribution in [0.2, 0.25) is 0 Å². The molecule has 0 aromatic rings. The van der Waals surface area contributed by atoms with Crippen LogP contribution in [0.4, 0.5) is 0 Å². The lowest BCUT2D eigenvalue weighted by atomic mass is 10.1. The van der Waals surface area contributed by atoms with Crippen molar-refractivity contribution in [2.75, 3.05) is 21.3 Å². The summed E-state index contributed by atoms with van der Waals surface area (Å²) < 4.78 is 14.0. The highest BCUT2D eigenvalue weighted by atomic mass is 16.6. The van der Waals surface area contributed by atoms with Crippen molar-refractivity contribution in [3.8, 4) is 0 Å². The molecule has 0 saturated heterocycles. The Bertz CT molecular complexity index is 189. The van der Waals surface area contributed by atoms with Crippen molar-refractivity contribution in [1.82, 2.24) is 0 Å². The topological polar surface area (TPSA) is 61.8 Å². The van der Waals surface area contributed by atoms with Gasteiger partial charge in [0.05, 0.1) is 7.11 Å². The van der Waals surface area contributed by atoms with Crippen molar-refractivity contribution in [3.05, 3.63) is 0 Å². The fourth-order valence-electron chi connectivity index (χ4n) is 0.962. The predicted molar refractivity (Wildman–Crippen MR) is 44.3 cm³/mol. The first-order valence-electron chi connectivity index (χ1n) is 3.72. The molecular weight excluding hydrogens is 176 g/mol. The van der Waals surface area contributed by atoms with Crippen molar-refractivity contribution in [2.24, 2.45) is 0 Å². The number of carbonyl (C=O) groups excluding carboxylic acids is 2. The molecule has 0 saturated carbocycles. The first-order valence-corrected chi connectivity index (χ1v) is 3.72. The second-order valence-corrected chi connectivity index (χ2v) is 2.45. The molecule has 5 nitrogen and oxygen atoms in total. The van der Waals surface area contributed by atoms with E-state index in [2.05, 4.69) is 4.74 Å². The van der Waals surface area contributed by atoms with Gasteiger partial charge in [-0.15, -0.1) is 0 Å². The van der Waals surface area contributed by atoms with Gasteiger partial charge in [0.2, 0.25) is 0 Å². The summed E-state index contributed by atoms with van der Waals surface area (Å²) in [5.74, 6) is -0.899. The van der Waals surface area contributed by atoms with Crippen LogP contribution >= 0.6 is 0 Å².